The third-order valence-electron chi connectivity index (χ3n) is 3.06. The van der Waals surface area contributed by atoms with Crippen LogP contribution in [0.5, 0.6) is 0 Å². The lowest BCUT2D eigenvalue weighted by Gasteiger charge is -2.24. The van der Waals surface area contributed by atoms with Crippen LogP contribution in [-0.2, 0) is 9.84 Å². The Hall–Kier alpha value is -1.05. The summed E-state index contributed by atoms with van der Waals surface area (Å²) in [5, 5.41) is 14.2. The summed E-state index contributed by atoms with van der Waals surface area (Å²) in [5.74, 6) is 0.124. The first-order valence-corrected chi connectivity index (χ1v) is 8.46. The number of nitrogens with one attached hydrogen (secondary N) is 1. The molecule has 1 aromatic carbocycles. The van der Waals surface area contributed by atoms with Gasteiger partial charge in [-0.3, -0.25) is 10.1 Å². The van der Waals surface area contributed by atoms with E-state index in [1.54, 1.807) is 0 Å². The van der Waals surface area contributed by atoms with Gasteiger partial charge in [0.15, 0.2) is 9.84 Å². The van der Waals surface area contributed by atoms with Crippen LogP contribution in [0.15, 0.2) is 12.1 Å². The van der Waals surface area contributed by atoms with Gasteiger partial charge in [0.1, 0.15) is 5.69 Å². The molecule has 1 saturated heterocycles. The molecular formula is C11H12Cl2N2O4S. The van der Waals surface area contributed by atoms with Gasteiger partial charge < -0.3 is 5.32 Å². The molecule has 20 heavy (non-hydrogen) atoms. The van der Waals surface area contributed by atoms with Crippen LogP contribution < -0.4 is 5.32 Å². The quantitative estimate of drug-likeness (QED) is 0.676. The Bertz CT molecular complexity index is 648. The van der Waals surface area contributed by atoms with Crippen LogP contribution in [0.25, 0.3) is 0 Å². The molecular weight excluding hydrogens is 327 g/mol. The molecule has 1 aromatic rings. The largest absolute Gasteiger partial charge is 0.376 e. The lowest BCUT2D eigenvalue weighted by Crippen LogP contribution is -2.34. The fourth-order valence-corrected chi connectivity index (χ4v) is 4.12. The molecule has 0 saturated carbocycles. The molecule has 0 spiro atoms. The highest BCUT2D eigenvalue weighted by Crippen LogP contribution is 2.35. The van der Waals surface area contributed by atoms with Crippen molar-refractivity contribution in [3.63, 3.8) is 0 Å². The zero-order chi connectivity index (χ0) is 14.9. The summed E-state index contributed by atoms with van der Waals surface area (Å²) in [6.07, 6.45) is 1.17. The van der Waals surface area contributed by atoms with Gasteiger partial charge in [0.2, 0.25) is 0 Å². The first-order valence-electron chi connectivity index (χ1n) is 5.89. The predicted molar refractivity (Wildman–Crippen MR) is 78.4 cm³/mol. The van der Waals surface area contributed by atoms with E-state index in [0.717, 1.165) is 6.07 Å². The average molecular weight is 339 g/mol. The Labute approximate surface area is 126 Å². The van der Waals surface area contributed by atoms with Crippen molar-refractivity contribution in [2.75, 3.05) is 16.8 Å². The molecule has 0 amide bonds. The maximum atomic E-state index is 11.6. The molecule has 1 aliphatic heterocycles. The summed E-state index contributed by atoms with van der Waals surface area (Å²) in [7, 11) is -3.09. The molecule has 0 bridgehead atoms. The maximum Gasteiger partial charge on any atom is 0.293 e. The highest BCUT2D eigenvalue weighted by atomic mass is 35.5. The number of halogens is 2. The van der Waals surface area contributed by atoms with Crippen LogP contribution in [0.3, 0.4) is 0 Å². The standard InChI is InChI=1S/C11H12Cl2N2O4S/c12-8-4-10(11(15(16)17)5-9(8)13)14-7-2-1-3-20(18,19)6-7/h4-5,7,14H,1-3,6H2. The molecule has 1 heterocycles. The number of hydrogen-bond acceptors (Lipinski definition) is 5. The van der Waals surface area contributed by atoms with Crippen molar-refractivity contribution in [1.82, 2.24) is 0 Å². The highest BCUT2D eigenvalue weighted by Gasteiger charge is 2.27. The summed E-state index contributed by atoms with van der Waals surface area (Å²) in [4.78, 5) is 10.4. The minimum atomic E-state index is -3.09. The zero-order valence-corrected chi connectivity index (χ0v) is 12.6. The van der Waals surface area contributed by atoms with Crippen molar-refractivity contribution < 1.29 is 13.3 Å². The van der Waals surface area contributed by atoms with Crippen LogP contribution in [0.2, 0.25) is 10.0 Å². The van der Waals surface area contributed by atoms with Gasteiger partial charge >= 0.3 is 0 Å². The maximum absolute atomic E-state index is 11.6. The molecule has 0 aromatic heterocycles. The molecule has 110 valence electrons. The lowest BCUT2D eigenvalue weighted by molar-refractivity contribution is -0.384. The van der Waals surface area contributed by atoms with E-state index in [1.807, 2.05) is 0 Å². The number of sulfone groups is 1. The monoisotopic (exact) mass is 338 g/mol. The van der Waals surface area contributed by atoms with Gasteiger partial charge in [-0.2, -0.15) is 0 Å². The second kappa shape index (κ2) is 5.75. The van der Waals surface area contributed by atoms with Crippen molar-refractivity contribution in [2.24, 2.45) is 0 Å². The Kier molecular flexibility index (Phi) is 4.41. The van der Waals surface area contributed by atoms with E-state index in [9.17, 15) is 18.5 Å². The molecule has 9 heteroatoms. The smallest absolute Gasteiger partial charge is 0.293 e. The molecule has 1 fully saturated rings. The summed E-state index contributed by atoms with van der Waals surface area (Å²) >= 11 is 11.6. The average Bonchev–Trinajstić information content (AvgIpc) is 2.32. The summed E-state index contributed by atoms with van der Waals surface area (Å²) < 4.78 is 23.1. The minimum Gasteiger partial charge on any atom is -0.376 e. The van der Waals surface area contributed by atoms with E-state index in [4.69, 9.17) is 23.2 Å². The number of nitro groups is 1. The minimum absolute atomic E-state index is 0.0373. The Balaban J connectivity index is 2.29. The van der Waals surface area contributed by atoms with E-state index in [0.29, 0.717) is 12.8 Å². The Morgan fingerprint density at radius 1 is 1.30 bits per heavy atom. The van der Waals surface area contributed by atoms with Gasteiger partial charge in [-0.15, -0.1) is 0 Å². The van der Waals surface area contributed by atoms with Crippen molar-refractivity contribution in [3.05, 3.63) is 32.3 Å². The van der Waals surface area contributed by atoms with Crippen LogP contribution in [-0.4, -0.2) is 30.9 Å². The Morgan fingerprint density at radius 3 is 2.55 bits per heavy atom. The van der Waals surface area contributed by atoms with Crippen LogP contribution in [0, 0.1) is 10.1 Å². The van der Waals surface area contributed by atoms with E-state index in [1.165, 1.54) is 6.07 Å². The molecule has 1 aliphatic rings. The molecule has 2 rings (SSSR count). The third kappa shape index (κ3) is 3.53. The van der Waals surface area contributed by atoms with E-state index in [-0.39, 0.29) is 39.0 Å². The van der Waals surface area contributed by atoms with Crippen molar-refractivity contribution in [3.8, 4) is 0 Å². The number of hydrogen-bond donors (Lipinski definition) is 1. The number of rotatable bonds is 3. The van der Waals surface area contributed by atoms with Crippen LogP contribution in [0.1, 0.15) is 12.8 Å². The highest BCUT2D eigenvalue weighted by molar-refractivity contribution is 7.91. The molecule has 0 radical (unpaired) electrons. The zero-order valence-electron chi connectivity index (χ0n) is 10.3. The SMILES string of the molecule is O=[N+]([O-])c1cc(Cl)c(Cl)cc1NC1CCCS(=O)(=O)C1. The number of nitro benzene ring substituents is 1. The lowest BCUT2D eigenvalue weighted by atomic mass is 10.1. The number of nitrogens with zero attached hydrogens (tertiary/aromatic N) is 1. The molecule has 1 unspecified atom stereocenters. The fraction of sp³-hybridized carbons (Fsp3) is 0.455. The predicted octanol–water partition coefficient (Wildman–Crippen LogP) is 2.89. The van der Waals surface area contributed by atoms with Crippen LogP contribution >= 0.6 is 23.2 Å². The third-order valence-corrected chi connectivity index (χ3v) is 5.60. The van der Waals surface area contributed by atoms with Crippen molar-refractivity contribution in [1.29, 1.82) is 0 Å². The van der Waals surface area contributed by atoms with Gasteiger partial charge in [-0.25, -0.2) is 8.42 Å². The van der Waals surface area contributed by atoms with Crippen molar-refractivity contribution >= 4 is 44.4 Å². The van der Waals surface area contributed by atoms with Gasteiger partial charge in [-0.05, 0) is 18.9 Å². The number of anilines is 1. The molecule has 1 N–H and O–H groups in total. The summed E-state index contributed by atoms with van der Waals surface area (Å²) in [6, 6.07) is 2.15. The van der Waals surface area contributed by atoms with E-state index in [2.05, 4.69) is 5.32 Å². The van der Waals surface area contributed by atoms with Crippen molar-refractivity contribution in [2.45, 2.75) is 18.9 Å². The van der Waals surface area contributed by atoms with E-state index >= 15 is 0 Å². The number of benzene rings is 1. The van der Waals surface area contributed by atoms with Gasteiger partial charge in [0, 0.05) is 12.1 Å². The summed E-state index contributed by atoms with van der Waals surface area (Å²) in [5.41, 5.74) is -0.0335. The molecule has 1 atom stereocenters. The first-order chi connectivity index (χ1) is 9.28. The molecule has 0 aliphatic carbocycles. The second-order valence-electron chi connectivity index (χ2n) is 4.64. The van der Waals surface area contributed by atoms with Gasteiger partial charge in [-0.1, -0.05) is 23.2 Å². The Morgan fingerprint density at radius 2 is 1.95 bits per heavy atom. The van der Waals surface area contributed by atoms with Crippen LogP contribution in [0.4, 0.5) is 11.4 Å². The molecule has 6 nitrogen and oxygen atoms in total. The fourth-order valence-electron chi connectivity index (χ4n) is 2.16. The summed E-state index contributed by atoms with van der Waals surface area (Å²) in [6.45, 7) is 0. The van der Waals surface area contributed by atoms with Gasteiger partial charge in [0.05, 0.1) is 26.5 Å². The van der Waals surface area contributed by atoms with E-state index < -0.39 is 14.8 Å². The second-order valence-corrected chi connectivity index (χ2v) is 7.68. The normalized spacial score (nSPS) is 21.4. The topological polar surface area (TPSA) is 89.3 Å². The van der Waals surface area contributed by atoms with Gasteiger partial charge in [0.25, 0.3) is 5.69 Å². The first kappa shape index (κ1) is 15.3.